The lowest BCUT2D eigenvalue weighted by atomic mass is 10.2. The van der Waals surface area contributed by atoms with Crippen LogP contribution in [0.25, 0.3) is 0 Å². The minimum Gasteiger partial charge on any atom is -0.489 e. The van der Waals surface area contributed by atoms with Crippen LogP contribution in [0.5, 0.6) is 11.5 Å². The number of nitrogens with one attached hydrogen (secondary N) is 1. The summed E-state index contributed by atoms with van der Waals surface area (Å²) in [6, 6.07) is 17.8. The number of benzene rings is 2. The van der Waals surface area contributed by atoms with E-state index in [4.69, 9.17) is 13.9 Å². The fourth-order valence-electron chi connectivity index (χ4n) is 1.93. The van der Waals surface area contributed by atoms with Gasteiger partial charge in [-0.2, -0.15) is 0 Å². The molecule has 6 heteroatoms. The van der Waals surface area contributed by atoms with E-state index in [0.717, 1.165) is 11.3 Å². The zero-order valence-corrected chi connectivity index (χ0v) is 12.7. The molecule has 1 N–H and O–H groups in total. The van der Waals surface area contributed by atoms with E-state index in [1.165, 1.54) is 0 Å². The van der Waals surface area contributed by atoms with Crippen LogP contribution in [0.4, 0.5) is 6.01 Å². The molecular weight excluding hydrogens is 294 g/mol. The highest BCUT2D eigenvalue weighted by atomic mass is 16.5. The number of aromatic nitrogens is 2. The third-order valence-corrected chi connectivity index (χ3v) is 3.12. The molecule has 0 saturated heterocycles. The lowest BCUT2D eigenvalue weighted by molar-refractivity contribution is 0.263. The van der Waals surface area contributed by atoms with Crippen LogP contribution in [0.15, 0.2) is 59.0 Å². The summed E-state index contributed by atoms with van der Waals surface area (Å²) < 4.78 is 16.6. The molecular formula is C17H17N3O3. The van der Waals surface area contributed by atoms with Crippen molar-refractivity contribution in [2.45, 2.75) is 13.2 Å². The molecule has 0 radical (unpaired) electrons. The second-order valence-corrected chi connectivity index (χ2v) is 4.79. The van der Waals surface area contributed by atoms with Crippen molar-refractivity contribution in [3.8, 4) is 11.5 Å². The van der Waals surface area contributed by atoms with Crippen LogP contribution in [-0.2, 0) is 13.2 Å². The molecule has 0 saturated carbocycles. The molecule has 3 aromatic rings. The van der Waals surface area contributed by atoms with Gasteiger partial charge in [0.05, 0.1) is 0 Å². The molecule has 0 amide bonds. The van der Waals surface area contributed by atoms with Gasteiger partial charge >= 0.3 is 6.01 Å². The molecule has 23 heavy (non-hydrogen) atoms. The maximum Gasteiger partial charge on any atom is 0.315 e. The summed E-state index contributed by atoms with van der Waals surface area (Å²) in [7, 11) is 1.71. The first-order valence-electron chi connectivity index (χ1n) is 7.23. The Morgan fingerprint density at radius 1 is 0.870 bits per heavy atom. The standard InChI is InChI=1S/C17H17N3O3/c1-18-17-20-19-16(23-17)12-22-15-9-7-14(8-10-15)21-11-13-5-3-2-4-6-13/h2-10H,11-12H2,1H3,(H,18,20). The summed E-state index contributed by atoms with van der Waals surface area (Å²) in [5.41, 5.74) is 1.13. The van der Waals surface area contributed by atoms with E-state index in [-0.39, 0.29) is 6.61 Å². The van der Waals surface area contributed by atoms with Crippen molar-refractivity contribution in [3.63, 3.8) is 0 Å². The molecule has 2 aromatic carbocycles. The molecule has 0 bridgehead atoms. The van der Waals surface area contributed by atoms with Gasteiger partial charge in [-0.05, 0) is 29.8 Å². The molecule has 3 rings (SSSR count). The van der Waals surface area contributed by atoms with Gasteiger partial charge in [-0.3, -0.25) is 0 Å². The highest BCUT2D eigenvalue weighted by molar-refractivity contribution is 5.31. The zero-order chi connectivity index (χ0) is 15.9. The van der Waals surface area contributed by atoms with Crippen LogP contribution >= 0.6 is 0 Å². The molecule has 0 unspecified atom stereocenters. The molecule has 6 nitrogen and oxygen atoms in total. The van der Waals surface area contributed by atoms with Gasteiger partial charge in [0.15, 0.2) is 6.61 Å². The van der Waals surface area contributed by atoms with Crippen LogP contribution in [0.2, 0.25) is 0 Å². The Hall–Kier alpha value is -3.02. The van der Waals surface area contributed by atoms with Gasteiger partial charge in [-0.1, -0.05) is 35.4 Å². The summed E-state index contributed by atoms with van der Waals surface area (Å²) >= 11 is 0. The van der Waals surface area contributed by atoms with Crippen molar-refractivity contribution < 1.29 is 13.9 Å². The van der Waals surface area contributed by atoms with E-state index in [0.29, 0.717) is 24.3 Å². The number of hydrogen-bond acceptors (Lipinski definition) is 6. The van der Waals surface area contributed by atoms with Crippen molar-refractivity contribution >= 4 is 6.01 Å². The van der Waals surface area contributed by atoms with E-state index in [1.807, 2.05) is 54.6 Å². The quantitative estimate of drug-likeness (QED) is 0.722. The Morgan fingerprint density at radius 2 is 1.52 bits per heavy atom. The zero-order valence-electron chi connectivity index (χ0n) is 12.7. The highest BCUT2D eigenvalue weighted by Gasteiger charge is 2.05. The largest absolute Gasteiger partial charge is 0.489 e. The summed E-state index contributed by atoms with van der Waals surface area (Å²) in [5, 5.41) is 10.4. The Morgan fingerprint density at radius 3 is 2.13 bits per heavy atom. The van der Waals surface area contributed by atoms with Gasteiger partial charge in [0.25, 0.3) is 5.89 Å². The van der Waals surface area contributed by atoms with Crippen LogP contribution in [0.1, 0.15) is 11.5 Å². The smallest absolute Gasteiger partial charge is 0.315 e. The average molecular weight is 311 g/mol. The van der Waals surface area contributed by atoms with E-state index >= 15 is 0 Å². The minimum atomic E-state index is 0.221. The molecule has 0 spiro atoms. The summed E-state index contributed by atoms with van der Waals surface area (Å²) in [5.74, 6) is 1.91. The first-order chi connectivity index (χ1) is 11.3. The number of nitrogens with zero attached hydrogens (tertiary/aromatic N) is 2. The third kappa shape index (κ3) is 4.23. The normalized spacial score (nSPS) is 10.3. The lowest BCUT2D eigenvalue weighted by Gasteiger charge is -2.07. The van der Waals surface area contributed by atoms with Crippen molar-refractivity contribution in [1.29, 1.82) is 0 Å². The summed E-state index contributed by atoms with van der Waals surface area (Å²) in [6.07, 6.45) is 0. The van der Waals surface area contributed by atoms with Crippen LogP contribution < -0.4 is 14.8 Å². The van der Waals surface area contributed by atoms with Crippen molar-refractivity contribution in [3.05, 3.63) is 66.1 Å². The van der Waals surface area contributed by atoms with Gasteiger partial charge in [0.2, 0.25) is 0 Å². The monoisotopic (exact) mass is 311 g/mol. The maximum absolute atomic E-state index is 5.72. The van der Waals surface area contributed by atoms with Crippen LogP contribution in [0.3, 0.4) is 0 Å². The molecule has 118 valence electrons. The highest BCUT2D eigenvalue weighted by Crippen LogP contribution is 2.19. The average Bonchev–Trinajstić information content (AvgIpc) is 3.08. The maximum atomic E-state index is 5.72. The molecule has 0 aliphatic heterocycles. The van der Waals surface area contributed by atoms with Gasteiger partial charge in [-0.15, -0.1) is 5.10 Å². The number of hydrogen-bond donors (Lipinski definition) is 1. The van der Waals surface area contributed by atoms with Gasteiger partial charge in [-0.25, -0.2) is 0 Å². The molecule has 0 atom stereocenters. The SMILES string of the molecule is CNc1nnc(COc2ccc(OCc3ccccc3)cc2)o1. The minimum absolute atomic E-state index is 0.221. The number of rotatable bonds is 7. The van der Waals surface area contributed by atoms with E-state index < -0.39 is 0 Å². The third-order valence-electron chi connectivity index (χ3n) is 3.12. The Bertz CT molecular complexity index is 726. The fourth-order valence-corrected chi connectivity index (χ4v) is 1.93. The first-order valence-corrected chi connectivity index (χ1v) is 7.23. The van der Waals surface area contributed by atoms with Crippen LogP contribution in [0, 0.1) is 0 Å². The molecule has 0 aliphatic rings. The number of anilines is 1. The molecule has 1 heterocycles. The molecule has 1 aromatic heterocycles. The van der Waals surface area contributed by atoms with Gasteiger partial charge in [0.1, 0.15) is 18.1 Å². The molecule has 0 fully saturated rings. The van der Waals surface area contributed by atoms with Crippen molar-refractivity contribution in [1.82, 2.24) is 10.2 Å². The van der Waals surface area contributed by atoms with Crippen LogP contribution in [-0.4, -0.2) is 17.2 Å². The van der Waals surface area contributed by atoms with E-state index in [1.54, 1.807) is 7.05 Å². The van der Waals surface area contributed by atoms with E-state index in [9.17, 15) is 0 Å². The predicted molar refractivity (Wildman–Crippen MR) is 85.4 cm³/mol. The summed E-state index contributed by atoms with van der Waals surface area (Å²) in [4.78, 5) is 0. The topological polar surface area (TPSA) is 69.4 Å². The Balaban J connectivity index is 1.50. The predicted octanol–water partition coefficient (Wildman–Crippen LogP) is 3.27. The first kappa shape index (κ1) is 14.9. The van der Waals surface area contributed by atoms with Gasteiger partial charge in [0, 0.05) is 7.05 Å². The van der Waals surface area contributed by atoms with Crippen molar-refractivity contribution in [2.75, 3.05) is 12.4 Å². The van der Waals surface area contributed by atoms with Gasteiger partial charge < -0.3 is 19.2 Å². The second-order valence-electron chi connectivity index (χ2n) is 4.79. The van der Waals surface area contributed by atoms with Crippen molar-refractivity contribution in [2.24, 2.45) is 0 Å². The lowest BCUT2D eigenvalue weighted by Crippen LogP contribution is -1.97. The molecule has 0 aliphatic carbocycles. The Labute approximate surface area is 134 Å². The van der Waals surface area contributed by atoms with E-state index in [2.05, 4.69) is 15.5 Å². The fraction of sp³-hybridized carbons (Fsp3) is 0.176. The second kappa shape index (κ2) is 7.31. The summed E-state index contributed by atoms with van der Waals surface area (Å²) in [6.45, 7) is 0.759. The Kier molecular flexibility index (Phi) is 4.73. The number of ether oxygens (including phenoxy) is 2.